The number of carbonyl (C=O) groups is 1. The molecular weight excluding hydrogens is 364 g/mol. The number of benzene rings is 2. The second-order valence-corrected chi connectivity index (χ2v) is 7.16. The van der Waals surface area contributed by atoms with Crippen LogP contribution in [0, 0.1) is 13.8 Å². The van der Waals surface area contributed by atoms with Crippen LogP contribution in [0.4, 0.5) is 0 Å². The molecule has 1 heterocycles. The van der Waals surface area contributed by atoms with E-state index in [0.717, 1.165) is 33.5 Å². The molecule has 29 heavy (non-hydrogen) atoms. The van der Waals surface area contributed by atoms with E-state index >= 15 is 0 Å². The Kier molecular flexibility index (Phi) is 6.39. The highest BCUT2D eigenvalue weighted by Crippen LogP contribution is 2.32. The third-order valence-electron chi connectivity index (χ3n) is 5.02. The molecule has 0 fully saturated rings. The van der Waals surface area contributed by atoms with Gasteiger partial charge < -0.3 is 10.3 Å². The topological polar surface area (TPSA) is 82.8 Å². The van der Waals surface area contributed by atoms with E-state index in [4.69, 9.17) is 5.11 Å². The number of carboxylic acid groups (broad SMARTS) is 1. The van der Waals surface area contributed by atoms with E-state index in [1.165, 1.54) is 0 Å². The first-order chi connectivity index (χ1) is 14.0. The molecule has 3 rings (SSSR count). The van der Waals surface area contributed by atoms with Gasteiger partial charge in [-0.15, -0.1) is 0 Å². The highest BCUT2D eigenvalue weighted by molar-refractivity contribution is 6.01. The first-order valence-electron chi connectivity index (χ1n) is 9.48. The molecule has 0 aliphatic heterocycles. The monoisotopic (exact) mass is 388 g/mol. The molecule has 0 radical (unpaired) electrons. The number of carboxylic acids is 1. The van der Waals surface area contributed by atoms with E-state index in [-0.39, 0.29) is 12.3 Å². The number of hydrogen-bond acceptors (Lipinski definition) is 4. The number of aromatic nitrogens is 1. The summed E-state index contributed by atoms with van der Waals surface area (Å²) in [4.78, 5) is 15.4. The Bertz CT molecular complexity index is 1040. The van der Waals surface area contributed by atoms with Crippen LogP contribution in [0.2, 0.25) is 0 Å². The molecule has 0 bridgehead atoms. The zero-order valence-electron chi connectivity index (χ0n) is 16.5. The normalized spacial score (nSPS) is 12.6. The van der Waals surface area contributed by atoms with Crippen molar-refractivity contribution in [2.45, 2.75) is 32.6 Å². The quantitative estimate of drug-likeness (QED) is 0.348. The fraction of sp³-hybridized carbons (Fsp3) is 0.208. The van der Waals surface area contributed by atoms with Crippen molar-refractivity contribution in [2.24, 2.45) is 5.16 Å². The van der Waals surface area contributed by atoms with Gasteiger partial charge in [-0.05, 0) is 48.2 Å². The van der Waals surface area contributed by atoms with Crippen molar-refractivity contribution < 1.29 is 15.1 Å². The summed E-state index contributed by atoms with van der Waals surface area (Å²) in [6.45, 7) is 3.95. The van der Waals surface area contributed by atoms with E-state index in [2.05, 4.69) is 29.2 Å². The lowest BCUT2D eigenvalue weighted by atomic mass is 9.83. The molecular formula is C24H24N2O3. The third-order valence-corrected chi connectivity index (χ3v) is 5.02. The molecule has 3 aromatic rings. The van der Waals surface area contributed by atoms with E-state index in [9.17, 15) is 10.0 Å². The third kappa shape index (κ3) is 5.08. The fourth-order valence-electron chi connectivity index (χ4n) is 3.61. The van der Waals surface area contributed by atoms with Crippen molar-refractivity contribution in [1.82, 2.24) is 4.98 Å². The Morgan fingerprint density at radius 2 is 1.86 bits per heavy atom. The molecule has 5 heteroatoms. The van der Waals surface area contributed by atoms with Gasteiger partial charge in [0.15, 0.2) is 0 Å². The Hall–Kier alpha value is -3.47. The van der Waals surface area contributed by atoms with Crippen molar-refractivity contribution in [1.29, 1.82) is 0 Å². The summed E-state index contributed by atoms with van der Waals surface area (Å²) in [6, 6.07) is 19.4. The number of aliphatic carboxylic acids is 1. The van der Waals surface area contributed by atoms with Crippen molar-refractivity contribution in [3.63, 3.8) is 0 Å². The largest absolute Gasteiger partial charge is 0.481 e. The van der Waals surface area contributed by atoms with Gasteiger partial charge in [-0.25, -0.2) is 0 Å². The minimum absolute atomic E-state index is 0.0289. The average molecular weight is 388 g/mol. The van der Waals surface area contributed by atoms with Gasteiger partial charge in [0.1, 0.15) is 0 Å². The Morgan fingerprint density at radius 3 is 2.55 bits per heavy atom. The van der Waals surface area contributed by atoms with Crippen LogP contribution < -0.4 is 0 Å². The summed E-state index contributed by atoms with van der Waals surface area (Å²) in [7, 11) is 0. The molecule has 1 atom stereocenters. The highest BCUT2D eigenvalue weighted by atomic mass is 16.4. The lowest BCUT2D eigenvalue weighted by molar-refractivity contribution is -0.136. The smallest absolute Gasteiger partial charge is 0.307 e. The molecule has 0 saturated carbocycles. The first-order valence-corrected chi connectivity index (χ1v) is 9.48. The lowest BCUT2D eigenvalue weighted by Crippen LogP contribution is -2.12. The summed E-state index contributed by atoms with van der Waals surface area (Å²) < 4.78 is 0. The van der Waals surface area contributed by atoms with Gasteiger partial charge in [0.05, 0.1) is 12.1 Å². The second kappa shape index (κ2) is 9.15. The summed E-state index contributed by atoms with van der Waals surface area (Å²) in [5, 5.41) is 22.5. The molecule has 1 unspecified atom stereocenters. The second-order valence-electron chi connectivity index (χ2n) is 7.16. The maximum Gasteiger partial charge on any atom is 0.307 e. The predicted octanol–water partition coefficient (Wildman–Crippen LogP) is 4.73. The molecule has 2 N–H and O–H groups in total. The number of aryl methyl sites for hydroxylation is 2. The molecule has 0 aliphatic rings. The molecule has 0 amide bonds. The highest BCUT2D eigenvalue weighted by Gasteiger charge is 2.21. The predicted molar refractivity (Wildman–Crippen MR) is 113 cm³/mol. The zero-order chi connectivity index (χ0) is 20.8. The van der Waals surface area contributed by atoms with Crippen LogP contribution in [-0.4, -0.2) is 27.0 Å². The van der Waals surface area contributed by atoms with Gasteiger partial charge in [-0.1, -0.05) is 53.7 Å². The fourth-order valence-corrected chi connectivity index (χ4v) is 3.61. The zero-order valence-corrected chi connectivity index (χ0v) is 16.5. The maximum atomic E-state index is 11.2. The molecule has 0 aliphatic carbocycles. The van der Waals surface area contributed by atoms with Crippen LogP contribution in [-0.2, 0) is 11.2 Å². The van der Waals surface area contributed by atoms with Crippen molar-refractivity contribution >= 4 is 11.7 Å². The molecule has 0 saturated heterocycles. The summed E-state index contributed by atoms with van der Waals surface area (Å²) >= 11 is 0. The van der Waals surface area contributed by atoms with Gasteiger partial charge in [0.25, 0.3) is 0 Å². The van der Waals surface area contributed by atoms with Gasteiger partial charge in [-0.2, -0.15) is 0 Å². The van der Waals surface area contributed by atoms with Crippen LogP contribution in [0.1, 0.15) is 45.8 Å². The van der Waals surface area contributed by atoms with Gasteiger partial charge in [0, 0.05) is 29.8 Å². The number of hydrogen-bond donors (Lipinski definition) is 2. The maximum absolute atomic E-state index is 11.2. The molecule has 2 aromatic carbocycles. The van der Waals surface area contributed by atoms with Crippen LogP contribution in [0.5, 0.6) is 0 Å². The van der Waals surface area contributed by atoms with Crippen molar-refractivity contribution in [3.05, 3.63) is 100 Å². The number of rotatable bonds is 7. The minimum Gasteiger partial charge on any atom is -0.481 e. The van der Waals surface area contributed by atoms with Crippen LogP contribution >= 0.6 is 0 Å². The van der Waals surface area contributed by atoms with Crippen LogP contribution in [0.3, 0.4) is 0 Å². The summed E-state index contributed by atoms with van der Waals surface area (Å²) in [5.41, 5.74) is 6.21. The lowest BCUT2D eigenvalue weighted by Gasteiger charge is -2.21. The van der Waals surface area contributed by atoms with Crippen LogP contribution in [0.15, 0.2) is 72.0 Å². The Morgan fingerprint density at radius 1 is 1.07 bits per heavy atom. The van der Waals surface area contributed by atoms with Gasteiger partial charge >= 0.3 is 5.97 Å². The van der Waals surface area contributed by atoms with Crippen LogP contribution in [0.25, 0.3) is 0 Å². The standard InChI is InChI=1S/C24H24N2O3/c1-16-6-3-4-9-21(16)22(19-8-5-7-18(13-19)14-24(27)28)15-23(26-29)20-10-11-25-17(2)12-20/h3-13,22,29H,14-15H2,1-2H3,(H,27,28). The number of oxime groups is 1. The van der Waals surface area contributed by atoms with E-state index in [0.29, 0.717) is 12.1 Å². The van der Waals surface area contributed by atoms with Crippen molar-refractivity contribution in [2.75, 3.05) is 0 Å². The molecule has 0 spiro atoms. The molecule has 148 valence electrons. The summed E-state index contributed by atoms with van der Waals surface area (Å²) in [5.74, 6) is -0.941. The minimum atomic E-state index is -0.862. The van der Waals surface area contributed by atoms with Gasteiger partial charge in [0.2, 0.25) is 0 Å². The number of nitrogens with zero attached hydrogens (tertiary/aromatic N) is 2. The van der Waals surface area contributed by atoms with E-state index in [1.807, 2.05) is 55.5 Å². The Balaban J connectivity index is 2.05. The van der Waals surface area contributed by atoms with E-state index in [1.54, 1.807) is 6.20 Å². The molecule has 5 nitrogen and oxygen atoms in total. The Labute approximate surface area is 170 Å². The number of pyridine rings is 1. The summed E-state index contributed by atoms with van der Waals surface area (Å²) in [6.07, 6.45) is 2.15. The SMILES string of the molecule is Cc1cc(C(CC(c2cccc(CC(=O)O)c2)c2ccccc2C)=NO)ccn1. The van der Waals surface area contributed by atoms with Crippen molar-refractivity contribution in [3.8, 4) is 0 Å². The van der Waals surface area contributed by atoms with Gasteiger partial charge in [-0.3, -0.25) is 9.78 Å². The average Bonchev–Trinajstić information content (AvgIpc) is 2.69. The van der Waals surface area contributed by atoms with E-state index < -0.39 is 5.97 Å². The first kappa shape index (κ1) is 20.3. The molecule has 1 aromatic heterocycles.